The van der Waals surface area contributed by atoms with Gasteiger partial charge in [0, 0.05) is 18.0 Å². The van der Waals surface area contributed by atoms with Gasteiger partial charge in [-0.15, -0.1) is 0 Å². The van der Waals surface area contributed by atoms with Crippen molar-refractivity contribution in [3.05, 3.63) is 60.9 Å². The Labute approximate surface area is 155 Å². The average Bonchev–Trinajstić information content (AvgIpc) is 3.24. The molecule has 0 N–H and O–H groups in total. The summed E-state index contributed by atoms with van der Waals surface area (Å²) in [7, 11) is 3.20. The predicted molar refractivity (Wildman–Crippen MR) is 99.3 cm³/mol. The van der Waals surface area contributed by atoms with Crippen molar-refractivity contribution >= 4 is 0 Å². The van der Waals surface area contributed by atoms with Crippen LogP contribution in [-0.2, 0) is 0 Å². The molecule has 0 aliphatic carbocycles. The molecule has 0 saturated carbocycles. The third kappa shape index (κ3) is 3.35. The average molecular weight is 360 g/mol. The Morgan fingerprint density at radius 1 is 0.852 bits per heavy atom. The van der Waals surface area contributed by atoms with Gasteiger partial charge in [-0.2, -0.15) is 4.98 Å². The number of ether oxygens (including phenoxy) is 2. The minimum atomic E-state index is 0.388. The Balaban J connectivity index is 1.68. The molecule has 0 aliphatic rings. The molecule has 0 radical (unpaired) electrons. The van der Waals surface area contributed by atoms with Crippen LogP contribution in [0.3, 0.4) is 0 Å². The second-order valence-corrected chi connectivity index (χ2v) is 5.65. The number of pyridine rings is 2. The summed E-state index contributed by atoms with van der Waals surface area (Å²) < 4.78 is 16.0. The van der Waals surface area contributed by atoms with Gasteiger partial charge in [0.1, 0.15) is 5.75 Å². The zero-order valence-corrected chi connectivity index (χ0v) is 14.8. The molecule has 0 saturated heterocycles. The van der Waals surface area contributed by atoms with Crippen molar-refractivity contribution in [2.75, 3.05) is 14.2 Å². The first-order chi connectivity index (χ1) is 13.3. The topological polar surface area (TPSA) is 83.2 Å². The number of benzene rings is 1. The standard InChI is InChI=1S/C20H16N4O3/c1-25-15-7-5-13(6-8-15)17-10-9-16(20(22-17)26-2)18-23-19(27-24-18)14-4-3-11-21-12-14/h3-12H,1-2H3. The molecule has 0 amide bonds. The normalized spacial score (nSPS) is 10.6. The molecule has 3 heterocycles. The third-order valence-electron chi connectivity index (χ3n) is 4.01. The maximum Gasteiger partial charge on any atom is 0.259 e. The van der Waals surface area contributed by atoms with E-state index in [0.29, 0.717) is 23.2 Å². The van der Waals surface area contributed by atoms with Gasteiger partial charge in [-0.05, 0) is 48.5 Å². The van der Waals surface area contributed by atoms with Crippen molar-refractivity contribution in [1.29, 1.82) is 0 Å². The highest BCUT2D eigenvalue weighted by Gasteiger charge is 2.16. The quantitative estimate of drug-likeness (QED) is 0.534. The highest BCUT2D eigenvalue weighted by molar-refractivity contribution is 5.69. The van der Waals surface area contributed by atoms with Gasteiger partial charge in [0.05, 0.1) is 31.0 Å². The Bertz CT molecular complexity index is 1050. The molecule has 0 unspecified atom stereocenters. The van der Waals surface area contributed by atoms with Crippen LogP contribution in [-0.4, -0.2) is 34.3 Å². The van der Waals surface area contributed by atoms with E-state index in [9.17, 15) is 0 Å². The lowest BCUT2D eigenvalue weighted by atomic mass is 10.1. The monoisotopic (exact) mass is 360 g/mol. The van der Waals surface area contributed by atoms with Gasteiger partial charge < -0.3 is 14.0 Å². The largest absolute Gasteiger partial charge is 0.497 e. The maximum absolute atomic E-state index is 5.45. The first-order valence-corrected chi connectivity index (χ1v) is 8.22. The van der Waals surface area contributed by atoms with Crippen LogP contribution in [0.1, 0.15) is 0 Å². The summed E-state index contributed by atoms with van der Waals surface area (Å²) in [5.74, 6) is 2.00. The van der Waals surface area contributed by atoms with Crippen molar-refractivity contribution in [3.8, 4) is 45.7 Å². The van der Waals surface area contributed by atoms with Crippen LogP contribution < -0.4 is 9.47 Å². The van der Waals surface area contributed by atoms with Crippen molar-refractivity contribution in [2.45, 2.75) is 0 Å². The fourth-order valence-corrected chi connectivity index (χ4v) is 2.63. The molecule has 134 valence electrons. The highest BCUT2D eigenvalue weighted by Crippen LogP contribution is 2.31. The first kappa shape index (κ1) is 16.7. The summed E-state index contributed by atoms with van der Waals surface area (Å²) in [4.78, 5) is 13.1. The lowest BCUT2D eigenvalue weighted by molar-refractivity contribution is 0.398. The molecule has 4 aromatic rings. The van der Waals surface area contributed by atoms with Crippen LogP contribution in [0.2, 0.25) is 0 Å². The highest BCUT2D eigenvalue weighted by atomic mass is 16.5. The van der Waals surface area contributed by atoms with Gasteiger partial charge in [-0.3, -0.25) is 4.98 Å². The molecule has 27 heavy (non-hydrogen) atoms. The number of hydrogen-bond donors (Lipinski definition) is 0. The van der Waals surface area contributed by atoms with Crippen LogP contribution in [0, 0.1) is 0 Å². The van der Waals surface area contributed by atoms with Crippen molar-refractivity contribution < 1.29 is 14.0 Å². The minimum absolute atomic E-state index is 0.388. The van der Waals surface area contributed by atoms with Gasteiger partial charge in [0.25, 0.3) is 5.89 Å². The van der Waals surface area contributed by atoms with E-state index in [-0.39, 0.29) is 0 Å². The number of methoxy groups -OCH3 is 2. The lowest BCUT2D eigenvalue weighted by Crippen LogP contribution is -1.95. The molecule has 0 fully saturated rings. The Hall–Kier alpha value is -3.74. The van der Waals surface area contributed by atoms with Crippen molar-refractivity contribution in [1.82, 2.24) is 20.1 Å². The van der Waals surface area contributed by atoms with E-state index in [0.717, 1.165) is 22.6 Å². The molecule has 4 rings (SSSR count). The van der Waals surface area contributed by atoms with Crippen LogP contribution in [0.4, 0.5) is 0 Å². The second-order valence-electron chi connectivity index (χ2n) is 5.65. The van der Waals surface area contributed by atoms with Crippen LogP contribution >= 0.6 is 0 Å². The van der Waals surface area contributed by atoms with Gasteiger partial charge in [-0.25, -0.2) is 4.98 Å². The summed E-state index contributed by atoms with van der Waals surface area (Å²) in [5, 5.41) is 4.05. The molecule has 7 nitrogen and oxygen atoms in total. The lowest BCUT2D eigenvalue weighted by Gasteiger charge is -2.08. The van der Waals surface area contributed by atoms with Crippen LogP contribution in [0.15, 0.2) is 65.4 Å². The molecule has 0 bridgehead atoms. The second kappa shape index (κ2) is 7.25. The van der Waals surface area contributed by atoms with E-state index >= 15 is 0 Å². The van der Waals surface area contributed by atoms with Gasteiger partial charge >= 0.3 is 0 Å². The van der Waals surface area contributed by atoms with E-state index in [2.05, 4.69) is 20.1 Å². The smallest absolute Gasteiger partial charge is 0.259 e. The number of rotatable bonds is 5. The number of hydrogen-bond acceptors (Lipinski definition) is 7. The maximum atomic E-state index is 5.45. The Morgan fingerprint density at radius 3 is 2.41 bits per heavy atom. The van der Waals surface area contributed by atoms with E-state index in [1.165, 1.54) is 0 Å². The fraction of sp³-hybridized carbons (Fsp3) is 0.100. The molecule has 7 heteroatoms. The summed E-state index contributed by atoms with van der Waals surface area (Å²) in [6, 6.07) is 15.1. The van der Waals surface area contributed by atoms with Gasteiger partial charge in [0.2, 0.25) is 11.7 Å². The van der Waals surface area contributed by atoms with Gasteiger partial charge in [-0.1, -0.05) is 5.16 Å². The van der Waals surface area contributed by atoms with E-state index in [1.807, 2.05) is 48.5 Å². The molecule has 0 aliphatic heterocycles. The first-order valence-electron chi connectivity index (χ1n) is 8.22. The molecule has 0 spiro atoms. The Morgan fingerprint density at radius 2 is 1.70 bits per heavy atom. The molecule has 1 aromatic carbocycles. The Kier molecular flexibility index (Phi) is 4.49. The SMILES string of the molecule is COc1ccc(-c2ccc(-c3noc(-c4cccnc4)n3)c(OC)n2)cc1. The summed E-state index contributed by atoms with van der Waals surface area (Å²) in [6.45, 7) is 0. The summed E-state index contributed by atoms with van der Waals surface area (Å²) in [5.41, 5.74) is 3.12. The summed E-state index contributed by atoms with van der Waals surface area (Å²) in [6.07, 6.45) is 3.35. The molecular formula is C20H16N4O3. The molecular weight excluding hydrogens is 344 g/mol. The number of nitrogens with zero attached hydrogens (tertiary/aromatic N) is 4. The minimum Gasteiger partial charge on any atom is -0.497 e. The van der Waals surface area contributed by atoms with Crippen LogP contribution in [0.25, 0.3) is 34.1 Å². The van der Waals surface area contributed by atoms with Crippen molar-refractivity contribution in [3.63, 3.8) is 0 Å². The van der Waals surface area contributed by atoms with Crippen LogP contribution in [0.5, 0.6) is 11.6 Å². The van der Waals surface area contributed by atoms with Crippen molar-refractivity contribution in [2.24, 2.45) is 0 Å². The molecule has 0 atom stereocenters. The summed E-state index contributed by atoms with van der Waals surface area (Å²) >= 11 is 0. The zero-order chi connectivity index (χ0) is 18.6. The zero-order valence-electron chi connectivity index (χ0n) is 14.8. The third-order valence-corrected chi connectivity index (χ3v) is 4.01. The molecule has 3 aromatic heterocycles. The van der Waals surface area contributed by atoms with E-state index < -0.39 is 0 Å². The van der Waals surface area contributed by atoms with E-state index in [1.54, 1.807) is 26.6 Å². The predicted octanol–water partition coefficient (Wildman–Crippen LogP) is 3.88. The van der Waals surface area contributed by atoms with E-state index in [4.69, 9.17) is 14.0 Å². The number of aromatic nitrogens is 4. The van der Waals surface area contributed by atoms with Gasteiger partial charge in [0.15, 0.2) is 0 Å². The fourth-order valence-electron chi connectivity index (χ4n) is 2.63.